The highest BCUT2D eigenvalue weighted by molar-refractivity contribution is 9.10. The van der Waals surface area contributed by atoms with Crippen molar-refractivity contribution < 1.29 is 9.59 Å². The first-order valence-electron chi connectivity index (χ1n) is 7.16. The van der Waals surface area contributed by atoms with E-state index in [-0.39, 0.29) is 5.91 Å². The maximum Gasteiger partial charge on any atom is 0.329 e. The normalized spacial score (nSPS) is 20.4. The standard InChI is InChI=1S/C17H13BrCl2N2O2/c1-17(9-10-4-2-3-5-14(10)18)15(23)22(16(24)21-17)13-7-11(19)6-12(20)8-13/h2-8H,9H2,1H3,(H,21,24). The van der Waals surface area contributed by atoms with Gasteiger partial charge in [-0.15, -0.1) is 0 Å². The molecule has 1 saturated heterocycles. The van der Waals surface area contributed by atoms with E-state index in [1.807, 2.05) is 24.3 Å². The van der Waals surface area contributed by atoms with Crippen molar-refractivity contribution in [1.29, 1.82) is 0 Å². The average Bonchev–Trinajstić information content (AvgIpc) is 2.70. The number of urea groups is 1. The fourth-order valence-corrected chi connectivity index (χ4v) is 3.67. The molecule has 7 heteroatoms. The Morgan fingerprint density at radius 2 is 1.75 bits per heavy atom. The molecule has 1 aliphatic heterocycles. The molecule has 2 aromatic carbocycles. The van der Waals surface area contributed by atoms with E-state index in [0.29, 0.717) is 22.2 Å². The highest BCUT2D eigenvalue weighted by Gasteiger charge is 2.48. The molecule has 1 heterocycles. The predicted octanol–water partition coefficient (Wildman–Crippen LogP) is 4.81. The fraction of sp³-hybridized carbons (Fsp3) is 0.176. The number of halogens is 3. The number of imide groups is 1. The minimum Gasteiger partial charge on any atom is -0.323 e. The van der Waals surface area contributed by atoms with Gasteiger partial charge in [0, 0.05) is 20.9 Å². The van der Waals surface area contributed by atoms with Gasteiger partial charge in [-0.3, -0.25) is 4.79 Å². The van der Waals surface area contributed by atoms with Crippen LogP contribution in [0.3, 0.4) is 0 Å². The van der Waals surface area contributed by atoms with E-state index in [1.165, 1.54) is 12.1 Å². The molecule has 0 aliphatic carbocycles. The molecule has 0 aromatic heterocycles. The van der Waals surface area contributed by atoms with Crippen molar-refractivity contribution >= 4 is 56.8 Å². The molecule has 1 aliphatic rings. The molecule has 2 aromatic rings. The van der Waals surface area contributed by atoms with Gasteiger partial charge >= 0.3 is 6.03 Å². The van der Waals surface area contributed by atoms with E-state index in [4.69, 9.17) is 23.2 Å². The zero-order valence-electron chi connectivity index (χ0n) is 12.6. The van der Waals surface area contributed by atoms with Crippen molar-refractivity contribution in [2.24, 2.45) is 0 Å². The number of carbonyl (C=O) groups excluding carboxylic acids is 2. The number of anilines is 1. The van der Waals surface area contributed by atoms with Gasteiger partial charge in [-0.2, -0.15) is 0 Å². The van der Waals surface area contributed by atoms with Crippen LogP contribution in [0.15, 0.2) is 46.9 Å². The lowest BCUT2D eigenvalue weighted by molar-refractivity contribution is -0.121. The van der Waals surface area contributed by atoms with Gasteiger partial charge < -0.3 is 5.32 Å². The molecule has 0 spiro atoms. The summed E-state index contributed by atoms with van der Waals surface area (Å²) in [7, 11) is 0. The topological polar surface area (TPSA) is 49.4 Å². The highest BCUT2D eigenvalue weighted by atomic mass is 79.9. The molecule has 1 atom stereocenters. The third kappa shape index (κ3) is 3.16. The SMILES string of the molecule is CC1(Cc2ccccc2Br)NC(=O)N(c2cc(Cl)cc(Cl)c2)C1=O. The Kier molecular flexibility index (Phi) is 4.60. The lowest BCUT2D eigenvalue weighted by Gasteiger charge is -2.22. The largest absolute Gasteiger partial charge is 0.329 e. The second kappa shape index (κ2) is 6.39. The van der Waals surface area contributed by atoms with Gasteiger partial charge in [0.1, 0.15) is 5.54 Å². The Labute approximate surface area is 157 Å². The molecular formula is C17H13BrCl2N2O2. The Morgan fingerprint density at radius 3 is 2.38 bits per heavy atom. The molecule has 1 unspecified atom stereocenters. The van der Waals surface area contributed by atoms with Crippen LogP contribution >= 0.6 is 39.1 Å². The lowest BCUT2D eigenvalue weighted by atomic mass is 9.93. The summed E-state index contributed by atoms with van der Waals surface area (Å²) < 4.78 is 0.887. The van der Waals surface area contributed by atoms with Gasteiger partial charge in [0.15, 0.2) is 0 Å². The van der Waals surface area contributed by atoms with E-state index in [1.54, 1.807) is 13.0 Å². The van der Waals surface area contributed by atoms with Crippen molar-refractivity contribution in [2.45, 2.75) is 18.9 Å². The van der Waals surface area contributed by atoms with Gasteiger partial charge in [0.2, 0.25) is 0 Å². The first-order chi connectivity index (χ1) is 11.3. The van der Waals surface area contributed by atoms with Crippen molar-refractivity contribution in [3.05, 3.63) is 62.5 Å². The molecule has 0 radical (unpaired) electrons. The number of hydrogen-bond donors (Lipinski definition) is 1. The fourth-order valence-electron chi connectivity index (χ4n) is 2.73. The van der Waals surface area contributed by atoms with Crippen LogP contribution in [0.2, 0.25) is 10.0 Å². The van der Waals surface area contributed by atoms with Crippen LogP contribution < -0.4 is 10.2 Å². The quantitative estimate of drug-likeness (QED) is 0.714. The van der Waals surface area contributed by atoms with Gasteiger partial charge in [0.05, 0.1) is 5.69 Å². The molecule has 1 fully saturated rings. The maximum atomic E-state index is 12.9. The number of carbonyl (C=O) groups is 2. The Bertz CT molecular complexity index is 823. The molecule has 3 amide bonds. The molecule has 3 rings (SSSR count). The van der Waals surface area contributed by atoms with Gasteiger partial charge in [0.25, 0.3) is 5.91 Å². The summed E-state index contributed by atoms with van der Waals surface area (Å²) >= 11 is 15.4. The average molecular weight is 428 g/mol. The lowest BCUT2D eigenvalue weighted by Crippen LogP contribution is -2.46. The Morgan fingerprint density at radius 1 is 1.12 bits per heavy atom. The second-order valence-electron chi connectivity index (χ2n) is 5.80. The zero-order valence-corrected chi connectivity index (χ0v) is 15.7. The summed E-state index contributed by atoms with van der Waals surface area (Å²) in [5.41, 5.74) is 0.237. The van der Waals surface area contributed by atoms with Crippen LogP contribution in [0, 0.1) is 0 Å². The number of hydrogen-bond acceptors (Lipinski definition) is 2. The van der Waals surface area contributed by atoms with Crippen LogP contribution in [0.4, 0.5) is 10.5 Å². The Hall–Kier alpha value is -1.56. The smallest absolute Gasteiger partial charge is 0.323 e. The Balaban J connectivity index is 1.95. The summed E-state index contributed by atoms with van der Waals surface area (Å²) in [6, 6.07) is 11.7. The molecule has 4 nitrogen and oxygen atoms in total. The number of nitrogens with one attached hydrogen (secondary N) is 1. The van der Waals surface area contributed by atoms with Crippen LogP contribution in [0.1, 0.15) is 12.5 Å². The zero-order chi connectivity index (χ0) is 17.5. The van der Waals surface area contributed by atoms with Crippen LogP contribution in [-0.2, 0) is 11.2 Å². The molecule has 1 N–H and O–H groups in total. The van der Waals surface area contributed by atoms with E-state index in [9.17, 15) is 9.59 Å². The first-order valence-corrected chi connectivity index (χ1v) is 8.71. The van der Waals surface area contributed by atoms with E-state index < -0.39 is 11.6 Å². The number of nitrogens with zero attached hydrogens (tertiary/aromatic N) is 1. The van der Waals surface area contributed by atoms with Crippen LogP contribution in [-0.4, -0.2) is 17.5 Å². The number of rotatable bonds is 3. The van der Waals surface area contributed by atoms with E-state index >= 15 is 0 Å². The summed E-state index contributed by atoms with van der Waals surface area (Å²) in [6.07, 6.45) is 0.365. The third-order valence-corrected chi connectivity index (χ3v) is 5.08. The van der Waals surface area contributed by atoms with E-state index in [0.717, 1.165) is 14.9 Å². The molecule has 124 valence electrons. The molecule has 0 saturated carbocycles. The first kappa shape index (κ1) is 17.3. The molecule has 24 heavy (non-hydrogen) atoms. The minimum atomic E-state index is -1.05. The second-order valence-corrected chi connectivity index (χ2v) is 7.53. The van der Waals surface area contributed by atoms with Crippen LogP contribution in [0.5, 0.6) is 0 Å². The van der Waals surface area contributed by atoms with Crippen molar-refractivity contribution in [3.63, 3.8) is 0 Å². The molecular weight excluding hydrogens is 415 g/mol. The summed E-state index contributed by atoms with van der Waals surface area (Å²) in [4.78, 5) is 26.4. The maximum absolute atomic E-state index is 12.9. The number of amides is 3. The third-order valence-electron chi connectivity index (χ3n) is 3.87. The van der Waals surface area contributed by atoms with E-state index in [2.05, 4.69) is 21.2 Å². The van der Waals surface area contributed by atoms with Crippen molar-refractivity contribution in [2.75, 3.05) is 4.90 Å². The molecule has 0 bridgehead atoms. The van der Waals surface area contributed by atoms with Crippen molar-refractivity contribution in [1.82, 2.24) is 5.32 Å². The summed E-state index contributed by atoms with van der Waals surface area (Å²) in [6.45, 7) is 1.71. The predicted molar refractivity (Wildman–Crippen MR) is 98.7 cm³/mol. The summed E-state index contributed by atoms with van der Waals surface area (Å²) in [5, 5.41) is 3.49. The van der Waals surface area contributed by atoms with Gasteiger partial charge in [-0.25, -0.2) is 9.69 Å². The van der Waals surface area contributed by atoms with Gasteiger partial charge in [-0.05, 0) is 36.8 Å². The highest BCUT2D eigenvalue weighted by Crippen LogP contribution is 2.32. The van der Waals surface area contributed by atoms with Crippen molar-refractivity contribution in [3.8, 4) is 0 Å². The number of benzene rings is 2. The summed E-state index contributed by atoms with van der Waals surface area (Å²) in [5.74, 6) is -0.346. The van der Waals surface area contributed by atoms with Gasteiger partial charge in [-0.1, -0.05) is 57.3 Å². The van der Waals surface area contributed by atoms with Crippen LogP contribution in [0.25, 0.3) is 0 Å². The minimum absolute atomic E-state index is 0.346. The monoisotopic (exact) mass is 426 g/mol.